The Bertz CT molecular complexity index is 1870. The first kappa shape index (κ1) is 26.7. The van der Waals surface area contributed by atoms with Gasteiger partial charge in [0.25, 0.3) is 0 Å². The van der Waals surface area contributed by atoms with E-state index in [0.29, 0.717) is 0 Å². The molecule has 5 heterocycles. The molecule has 0 nitrogen and oxygen atoms in total. The van der Waals surface area contributed by atoms with Crippen LogP contribution in [0.25, 0.3) is 56.9 Å². The fraction of sp³-hybridized carbons (Fsp3) is 0.353. The summed E-state index contributed by atoms with van der Waals surface area (Å²) in [6.07, 6.45) is 15.4. The van der Waals surface area contributed by atoms with E-state index in [1.165, 1.54) is 121 Å². The number of fused-ring (bicyclic) bond motifs is 7. The number of hydrogen-bond acceptors (Lipinski definition) is 4. The summed E-state index contributed by atoms with van der Waals surface area (Å²) in [4.78, 5) is 3.12. The van der Waals surface area contributed by atoms with Gasteiger partial charge in [0, 0.05) is 0 Å². The van der Waals surface area contributed by atoms with Crippen molar-refractivity contribution in [2.75, 3.05) is 0 Å². The molecule has 200 valence electrons. The van der Waals surface area contributed by atoms with Crippen LogP contribution >= 0.6 is 45.3 Å². The molecule has 0 spiro atoms. The molecule has 0 unspecified atom stereocenters. The van der Waals surface area contributed by atoms with Crippen LogP contribution in [0.1, 0.15) is 76.0 Å². The van der Waals surface area contributed by atoms with Gasteiger partial charge in [-0.2, -0.15) is 0 Å². The van der Waals surface area contributed by atoms with Crippen LogP contribution in [0, 0.1) is 0 Å². The summed E-state index contributed by atoms with van der Waals surface area (Å²) in [6, 6.07) is 19.5. The Kier molecular flexibility index (Phi) is 8.19. The summed E-state index contributed by atoms with van der Waals surface area (Å²) in [5.74, 6) is 0. The summed E-state index contributed by atoms with van der Waals surface area (Å²) in [5, 5.41) is 8.03. The van der Waals surface area contributed by atoms with E-state index >= 15 is 0 Å². The molecule has 0 fully saturated rings. The maximum absolute atomic E-state index is 2.56. The topological polar surface area (TPSA) is 0 Å². The molecular weight excluding hydrogens is 664 g/mol. The first-order valence-corrected chi connectivity index (χ1v) is 20.2. The van der Waals surface area contributed by atoms with Crippen molar-refractivity contribution in [1.29, 1.82) is 0 Å². The van der Waals surface area contributed by atoms with Crippen LogP contribution in [0.2, 0.25) is 0 Å². The molecule has 39 heavy (non-hydrogen) atoms. The van der Waals surface area contributed by atoms with E-state index in [1.54, 1.807) is 11.9 Å². The first-order chi connectivity index (χ1) is 19.3. The van der Waals surface area contributed by atoms with Gasteiger partial charge in [-0.1, -0.05) is 26.2 Å². The van der Waals surface area contributed by atoms with Crippen molar-refractivity contribution in [2.24, 2.45) is 0 Å². The fourth-order valence-electron chi connectivity index (χ4n) is 5.80. The van der Waals surface area contributed by atoms with Gasteiger partial charge in [-0.15, -0.1) is 0 Å². The Morgan fingerprint density at radius 1 is 0.615 bits per heavy atom. The molecule has 5 aromatic heterocycles. The Labute approximate surface area is 256 Å². The molecule has 0 saturated carbocycles. The SMILES string of the molecule is CCCCCCCCCCCCc1ccc(-c2cc3cc4sc5c6cc7sccc7cc6sc5c4cc3[te]2)s1. The van der Waals surface area contributed by atoms with Crippen LogP contribution in [-0.2, 0) is 6.42 Å². The molecule has 7 rings (SSSR count). The summed E-state index contributed by atoms with van der Waals surface area (Å²) in [6.45, 7) is 2.30. The van der Waals surface area contributed by atoms with E-state index in [4.69, 9.17) is 0 Å². The van der Waals surface area contributed by atoms with Gasteiger partial charge >= 0.3 is 233 Å². The number of unbranched alkanes of at least 4 members (excludes halogenated alkanes) is 9. The van der Waals surface area contributed by atoms with E-state index in [0.717, 1.165) is 0 Å². The van der Waals surface area contributed by atoms with Gasteiger partial charge < -0.3 is 0 Å². The van der Waals surface area contributed by atoms with E-state index in [2.05, 4.69) is 72.2 Å². The molecule has 7 aromatic rings. The van der Waals surface area contributed by atoms with Crippen molar-refractivity contribution in [3.05, 3.63) is 58.8 Å². The molecule has 0 atom stereocenters. The van der Waals surface area contributed by atoms with Gasteiger partial charge in [0.2, 0.25) is 0 Å². The Morgan fingerprint density at radius 2 is 1.31 bits per heavy atom. The number of rotatable bonds is 12. The molecule has 0 aliphatic heterocycles. The maximum atomic E-state index is 2.56. The van der Waals surface area contributed by atoms with E-state index in [-0.39, 0.29) is 20.4 Å². The Morgan fingerprint density at radius 3 is 2.08 bits per heavy atom. The summed E-state index contributed by atoms with van der Waals surface area (Å²) >= 11 is 7.59. The number of aryl methyl sites for hydroxylation is 1. The van der Waals surface area contributed by atoms with Gasteiger partial charge in [0.05, 0.1) is 0 Å². The summed E-state index contributed by atoms with van der Waals surface area (Å²) in [5.41, 5.74) is 0. The summed E-state index contributed by atoms with van der Waals surface area (Å²) < 4.78 is 10.6. The summed E-state index contributed by atoms with van der Waals surface area (Å²) in [7, 11) is 0. The number of hydrogen-bond donors (Lipinski definition) is 0. The third-order valence-electron chi connectivity index (χ3n) is 7.97. The molecule has 0 saturated heterocycles. The average molecular weight is 699 g/mol. The van der Waals surface area contributed by atoms with Crippen molar-refractivity contribution in [3.8, 4) is 8.46 Å². The fourth-order valence-corrected chi connectivity index (χ4v) is 13.8. The molecule has 0 aliphatic carbocycles. The third-order valence-corrected chi connectivity index (χ3v) is 16.2. The molecule has 0 N–H and O–H groups in total. The van der Waals surface area contributed by atoms with E-state index < -0.39 is 0 Å². The van der Waals surface area contributed by atoms with Crippen LogP contribution in [-0.4, -0.2) is 20.4 Å². The first-order valence-electron chi connectivity index (χ1n) is 14.6. The van der Waals surface area contributed by atoms with Crippen molar-refractivity contribution in [3.63, 3.8) is 0 Å². The van der Waals surface area contributed by atoms with Crippen LogP contribution in [0.15, 0.2) is 53.9 Å². The quantitative estimate of drug-likeness (QED) is 0.0880. The Hall–Kier alpha value is -1.19. The van der Waals surface area contributed by atoms with Gasteiger partial charge in [-0.3, -0.25) is 0 Å². The Balaban J connectivity index is 1.03. The molecule has 0 amide bonds. The zero-order valence-electron chi connectivity index (χ0n) is 22.5. The van der Waals surface area contributed by atoms with E-state index in [1.807, 2.05) is 34.0 Å². The average Bonchev–Trinajstić information content (AvgIpc) is 3.75. The van der Waals surface area contributed by atoms with Crippen molar-refractivity contribution >= 4 is 114 Å². The van der Waals surface area contributed by atoms with Crippen LogP contribution < -0.4 is 0 Å². The minimum absolute atomic E-state index is 0.326. The van der Waals surface area contributed by atoms with Crippen molar-refractivity contribution in [1.82, 2.24) is 0 Å². The van der Waals surface area contributed by atoms with Gasteiger partial charge in [-0.05, 0) is 0 Å². The normalized spacial score (nSPS) is 12.3. The second-order valence-corrected chi connectivity index (χ2v) is 18.2. The molecule has 2 aromatic carbocycles. The molecule has 5 heteroatoms. The van der Waals surface area contributed by atoms with Crippen LogP contribution in [0.5, 0.6) is 0 Å². The van der Waals surface area contributed by atoms with Gasteiger partial charge in [-0.25, -0.2) is 0 Å². The number of thiophene rings is 4. The van der Waals surface area contributed by atoms with Crippen molar-refractivity contribution in [2.45, 2.75) is 77.6 Å². The van der Waals surface area contributed by atoms with Gasteiger partial charge in [0.1, 0.15) is 0 Å². The minimum atomic E-state index is -0.326. The molecule has 0 bridgehead atoms. The number of benzene rings is 2. The monoisotopic (exact) mass is 700 g/mol. The van der Waals surface area contributed by atoms with Gasteiger partial charge in [0.15, 0.2) is 0 Å². The predicted octanol–water partition coefficient (Wildman–Crippen LogP) is 12.9. The third kappa shape index (κ3) is 5.53. The zero-order valence-corrected chi connectivity index (χ0v) is 28.1. The second-order valence-electron chi connectivity index (χ2n) is 10.9. The second kappa shape index (κ2) is 12.0. The standard InChI is InChI=1S/C34H34S4Te/c1-2-3-4-5-6-7-8-9-10-11-12-24-13-14-27(36-24)32-19-23-18-30-26(21-31(23)39-32)34-33(38-30)25-20-28-22(15-16-35-28)17-29(25)37-34/h13-21H,2-12H2,1H3. The van der Waals surface area contributed by atoms with Crippen LogP contribution in [0.3, 0.4) is 0 Å². The van der Waals surface area contributed by atoms with E-state index in [9.17, 15) is 0 Å². The molecular formula is C34H34S4Te. The zero-order chi connectivity index (χ0) is 26.2. The molecule has 0 radical (unpaired) electrons. The van der Waals surface area contributed by atoms with Crippen molar-refractivity contribution < 1.29 is 0 Å². The van der Waals surface area contributed by atoms with Crippen LogP contribution in [0.4, 0.5) is 0 Å². The molecule has 0 aliphatic rings. The predicted molar refractivity (Wildman–Crippen MR) is 183 cm³/mol.